The van der Waals surface area contributed by atoms with Crippen molar-refractivity contribution in [3.8, 4) is 0 Å². The van der Waals surface area contributed by atoms with E-state index in [1.807, 2.05) is 37.4 Å². The molecule has 0 fully saturated rings. The van der Waals surface area contributed by atoms with E-state index in [4.69, 9.17) is 0 Å². The molecule has 0 aliphatic heterocycles. The zero-order valence-electron chi connectivity index (χ0n) is 10.6. The quantitative estimate of drug-likeness (QED) is 0.694. The number of carbonyl (C=O) groups is 1. The third-order valence-corrected chi connectivity index (χ3v) is 3.80. The predicted octanol–water partition coefficient (Wildman–Crippen LogP) is 3.22. The molecule has 0 atom stereocenters. The van der Waals surface area contributed by atoms with Crippen molar-refractivity contribution in [2.75, 3.05) is 11.6 Å². The molecule has 1 N–H and O–H groups in total. The first-order chi connectivity index (χ1) is 9.17. The van der Waals surface area contributed by atoms with Gasteiger partial charge in [0, 0.05) is 11.0 Å². The summed E-state index contributed by atoms with van der Waals surface area (Å²) in [6, 6.07) is 8.00. The largest absolute Gasteiger partial charge is 0.297 e. The Bertz CT molecular complexity index is 590. The summed E-state index contributed by atoms with van der Waals surface area (Å²) in [7, 11) is 0. The maximum absolute atomic E-state index is 11.7. The van der Waals surface area contributed by atoms with Gasteiger partial charge in [0.05, 0.1) is 0 Å². The fraction of sp³-hybridized carbons (Fsp3) is 0.154. The van der Waals surface area contributed by atoms with Gasteiger partial charge in [0.25, 0.3) is 0 Å². The highest BCUT2D eigenvalue weighted by Gasteiger charge is 2.02. The number of hydrogen-bond donors (Lipinski definition) is 1. The first-order valence-electron chi connectivity index (χ1n) is 5.60. The molecule has 0 aliphatic rings. The van der Waals surface area contributed by atoms with Crippen LogP contribution in [0.1, 0.15) is 10.6 Å². The van der Waals surface area contributed by atoms with Gasteiger partial charge in [-0.1, -0.05) is 23.5 Å². The number of thioether (sulfide) groups is 1. The first-order valence-corrected chi connectivity index (χ1v) is 7.65. The first kappa shape index (κ1) is 13.8. The summed E-state index contributed by atoms with van der Waals surface area (Å²) in [5, 5.41) is 11.7. The van der Waals surface area contributed by atoms with Crippen molar-refractivity contribution < 1.29 is 4.79 Å². The lowest BCUT2D eigenvalue weighted by atomic mass is 10.2. The van der Waals surface area contributed by atoms with E-state index in [0.29, 0.717) is 5.13 Å². The fourth-order valence-corrected chi connectivity index (χ4v) is 2.38. The maximum atomic E-state index is 11.7. The van der Waals surface area contributed by atoms with E-state index < -0.39 is 0 Å². The van der Waals surface area contributed by atoms with Gasteiger partial charge >= 0.3 is 0 Å². The second kappa shape index (κ2) is 6.49. The molecule has 1 aromatic heterocycles. The van der Waals surface area contributed by atoms with Crippen LogP contribution in [0.2, 0.25) is 0 Å². The van der Waals surface area contributed by atoms with Gasteiger partial charge in [0.15, 0.2) is 0 Å². The molecular formula is C13H13N3OS2. The number of carbonyl (C=O) groups excluding carboxylic acids is 1. The number of rotatable bonds is 4. The Morgan fingerprint density at radius 3 is 2.63 bits per heavy atom. The normalized spacial score (nSPS) is 10.8. The van der Waals surface area contributed by atoms with Crippen molar-refractivity contribution in [3.63, 3.8) is 0 Å². The molecule has 0 unspecified atom stereocenters. The van der Waals surface area contributed by atoms with Crippen LogP contribution in [0.25, 0.3) is 6.08 Å². The standard InChI is InChI=1S/C13H13N3OS2/c1-9-15-16-13(19-9)14-12(17)8-5-10-3-6-11(18-2)7-4-10/h3-8H,1-2H3,(H,14,16,17)/b8-5+. The molecule has 0 radical (unpaired) electrons. The van der Waals surface area contributed by atoms with Crippen LogP contribution in [0.15, 0.2) is 35.2 Å². The third kappa shape index (κ3) is 4.18. The van der Waals surface area contributed by atoms with Gasteiger partial charge in [0.1, 0.15) is 5.01 Å². The van der Waals surface area contributed by atoms with E-state index in [2.05, 4.69) is 15.5 Å². The third-order valence-electron chi connectivity index (χ3n) is 2.30. The topological polar surface area (TPSA) is 54.9 Å². The number of amides is 1. The van der Waals surface area contributed by atoms with Crippen LogP contribution in [0.3, 0.4) is 0 Å². The summed E-state index contributed by atoms with van der Waals surface area (Å²) in [4.78, 5) is 12.9. The Hall–Kier alpha value is -1.66. The summed E-state index contributed by atoms with van der Waals surface area (Å²) >= 11 is 3.04. The number of aromatic nitrogens is 2. The summed E-state index contributed by atoms with van der Waals surface area (Å²) in [5.74, 6) is -0.204. The summed E-state index contributed by atoms with van der Waals surface area (Å²) < 4.78 is 0. The van der Waals surface area contributed by atoms with Gasteiger partial charge in [-0.2, -0.15) is 0 Å². The van der Waals surface area contributed by atoms with E-state index in [1.165, 1.54) is 22.3 Å². The second-order valence-corrected chi connectivity index (χ2v) is 5.78. The number of nitrogens with zero attached hydrogens (tertiary/aromatic N) is 2. The monoisotopic (exact) mass is 291 g/mol. The molecule has 1 heterocycles. The molecule has 1 amide bonds. The van der Waals surface area contributed by atoms with Crippen LogP contribution < -0.4 is 5.32 Å². The van der Waals surface area contributed by atoms with Gasteiger partial charge in [-0.25, -0.2) is 0 Å². The number of benzene rings is 1. The Morgan fingerprint density at radius 2 is 2.05 bits per heavy atom. The molecule has 2 aromatic rings. The molecule has 0 aliphatic carbocycles. The molecule has 0 saturated carbocycles. The lowest BCUT2D eigenvalue weighted by Gasteiger charge is -1.97. The van der Waals surface area contributed by atoms with E-state index in [1.54, 1.807) is 17.8 Å². The average Bonchev–Trinajstić information content (AvgIpc) is 2.82. The van der Waals surface area contributed by atoms with Crippen molar-refractivity contribution in [1.29, 1.82) is 0 Å². The van der Waals surface area contributed by atoms with Crippen molar-refractivity contribution in [3.05, 3.63) is 40.9 Å². The van der Waals surface area contributed by atoms with Crippen molar-refractivity contribution in [2.45, 2.75) is 11.8 Å². The molecular weight excluding hydrogens is 278 g/mol. The molecule has 6 heteroatoms. The van der Waals surface area contributed by atoms with E-state index in [0.717, 1.165) is 10.6 Å². The molecule has 0 saturated heterocycles. The van der Waals surface area contributed by atoms with Crippen molar-refractivity contribution in [1.82, 2.24) is 10.2 Å². The molecule has 0 spiro atoms. The summed E-state index contributed by atoms with van der Waals surface area (Å²) in [6.45, 7) is 1.84. The van der Waals surface area contributed by atoms with Crippen molar-refractivity contribution >= 4 is 40.2 Å². The molecule has 0 bridgehead atoms. The Kier molecular flexibility index (Phi) is 4.70. The summed E-state index contributed by atoms with van der Waals surface area (Å²) in [5.41, 5.74) is 0.987. The highest BCUT2D eigenvalue weighted by atomic mass is 32.2. The molecule has 1 aromatic carbocycles. The predicted molar refractivity (Wildman–Crippen MR) is 80.5 cm³/mol. The minimum Gasteiger partial charge on any atom is -0.297 e. The average molecular weight is 291 g/mol. The molecule has 19 heavy (non-hydrogen) atoms. The molecule has 2 rings (SSSR count). The SMILES string of the molecule is CSc1ccc(/C=C/C(=O)Nc2nnc(C)s2)cc1. The van der Waals surface area contributed by atoms with E-state index >= 15 is 0 Å². The van der Waals surface area contributed by atoms with Gasteiger partial charge in [0.2, 0.25) is 11.0 Å². The minimum atomic E-state index is -0.204. The minimum absolute atomic E-state index is 0.204. The Balaban J connectivity index is 1.95. The van der Waals surface area contributed by atoms with Gasteiger partial charge in [-0.15, -0.1) is 22.0 Å². The summed E-state index contributed by atoms with van der Waals surface area (Å²) in [6.07, 6.45) is 5.29. The van der Waals surface area contributed by atoms with Crippen LogP contribution in [-0.4, -0.2) is 22.4 Å². The van der Waals surface area contributed by atoms with E-state index in [9.17, 15) is 4.79 Å². The number of anilines is 1. The highest BCUT2D eigenvalue weighted by molar-refractivity contribution is 7.98. The Labute approximate surface area is 120 Å². The second-order valence-electron chi connectivity index (χ2n) is 3.72. The smallest absolute Gasteiger partial charge is 0.250 e. The highest BCUT2D eigenvalue weighted by Crippen LogP contribution is 2.16. The Morgan fingerprint density at radius 1 is 1.32 bits per heavy atom. The van der Waals surface area contributed by atoms with Crippen LogP contribution in [0, 0.1) is 6.92 Å². The van der Waals surface area contributed by atoms with Gasteiger partial charge in [-0.3, -0.25) is 10.1 Å². The van der Waals surface area contributed by atoms with Gasteiger partial charge < -0.3 is 0 Å². The molecule has 4 nitrogen and oxygen atoms in total. The number of nitrogens with one attached hydrogen (secondary N) is 1. The molecule has 98 valence electrons. The fourth-order valence-electron chi connectivity index (χ4n) is 1.38. The lowest BCUT2D eigenvalue weighted by Crippen LogP contribution is -2.07. The van der Waals surface area contributed by atoms with Crippen LogP contribution >= 0.6 is 23.1 Å². The zero-order valence-corrected chi connectivity index (χ0v) is 12.2. The van der Waals surface area contributed by atoms with Crippen LogP contribution in [-0.2, 0) is 4.79 Å². The van der Waals surface area contributed by atoms with Crippen LogP contribution in [0.5, 0.6) is 0 Å². The lowest BCUT2D eigenvalue weighted by molar-refractivity contribution is -0.111. The van der Waals surface area contributed by atoms with E-state index in [-0.39, 0.29) is 5.91 Å². The number of aryl methyl sites for hydroxylation is 1. The van der Waals surface area contributed by atoms with Gasteiger partial charge in [-0.05, 0) is 37.0 Å². The maximum Gasteiger partial charge on any atom is 0.250 e. The zero-order chi connectivity index (χ0) is 13.7. The number of hydrogen-bond acceptors (Lipinski definition) is 5. The van der Waals surface area contributed by atoms with Crippen LogP contribution in [0.4, 0.5) is 5.13 Å². The van der Waals surface area contributed by atoms with Crippen molar-refractivity contribution in [2.24, 2.45) is 0 Å².